The van der Waals surface area contributed by atoms with E-state index in [1.165, 1.54) is 16.7 Å². The SMILES string of the molecule is CCC1C(CCC(=O)Cc2cc(OC)c(OC)c(OC)c2)=CC=C1C1=CC=CC1. The van der Waals surface area contributed by atoms with Crippen LogP contribution in [0.1, 0.15) is 38.2 Å². The highest BCUT2D eigenvalue weighted by Crippen LogP contribution is 2.40. The molecule has 0 radical (unpaired) electrons. The van der Waals surface area contributed by atoms with Gasteiger partial charge in [0.2, 0.25) is 5.75 Å². The number of methoxy groups -OCH3 is 3. The van der Waals surface area contributed by atoms with E-state index >= 15 is 0 Å². The van der Waals surface area contributed by atoms with Gasteiger partial charge in [-0.05, 0) is 48.1 Å². The van der Waals surface area contributed by atoms with Crippen molar-refractivity contribution in [1.82, 2.24) is 0 Å². The number of carbonyl (C=O) groups excluding carboxylic acids is 1. The molecule has 4 heteroatoms. The van der Waals surface area contributed by atoms with Gasteiger partial charge in [0.05, 0.1) is 21.3 Å². The van der Waals surface area contributed by atoms with Crippen LogP contribution in [-0.4, -0.2) is 27.1 Å². The zero-order chi connectivity index (χ0) is 20.8. The largest absolute Gasteiger partial charge is 0.493 e. The zero-order valence-corrected chi connectivity index (χ0v) is 17.8. The lowest BCUT2D eigenvalue weighted by Crippen LogP contribution is -2.08. The Morgan fingerprint density at radius 2 is 1.76 bits per heavy atom. The Labute approximate surface area is 173 Å². The van der Waals surface area contributed by atoms with Gasteiger partial charge in [-0.2, -0.15) is 0 Å². The molecule has 3 rings (SSSR count). The number of ketones is 1. The smallest absolute Gasteiger partial charge is 0.203 e. The van der Waals surface area contributed by atoms with Gasteiger partial charge in [-0.15, -0.1) is 0 Å². The summed E-state index contributed by atoms with van der Waals surface area (Å²) in [5.41, 5.74) is 5.07. The van der Waals surface area contributed by atoms with E-state index in [2.05, 4.69) is 37.3 Å². The molecular weight excluding hydrogens is 364 g/mol. The zero-order valence-electron chi connectivity index (χ0n) is 17.8. The summed E-state index contributed by atoms with van der Waals surface area (Å²) in [6.45, 7) is 2.22. The number of rotatable bonds is 10. The number of allylic oxidation sites excluding steroid dienone is 8. The third kappa shape index (κ3) is 4.64. The predicted octanol–water partition coefficient (Wildman–Crippen LogP) is 5.38. The van der Waals surface area contributed by atoms with Crippen LogP contribution in [0, 0.1) is 5.92 Å². The van der Waals surface area contributed by atoms with Crippen molar-refractivity contribution >= 4 is 5.78 Å². The van der Waals surface area contributed by atoms with Gasteiger partial charge in [0.15, 0.2) is 11.5 Å². The van der Waals surface area contributed by atoms with Crippen LogP contribution in [0.15, 0.2) is 59.2 Å². The molecule has 0 heterocycles. The van der Waals surface area contributed by atoms with Crippen molar-refractivity contribution in [3.63, 3.8) is 0 Å². The maximum atomic E-state index is 12.7. The van der Waals surface area contributed by atoms with Crippen LogP contribution in [0.2, 0.25) is 0 Å². The first-order chi connectivity index (χ1) is 14.1. The van der Waals surface area contributed by atoms with Crippen molar-refractivity contribution in [3.8, 4) is 17.2 Å². The molecule has 154 valence electrons. The Hall–Kier alpha value is -2.75. The average Bonchev–Trinajstić information content (AvgIpc) is 3.40. The van der Waals surface area contributed by atoms with E-state index in [0.29, 0.717) is 36.0 Å². The molecule has 1 aromatic rings. The van der Waals surface area contributed by atoms with E-state index in [1.54, 1.807) is 21.3 Å². The second-order valence-corrected chi connectivity index (χ2v) is 7.40. The normalized spacial score (nSPS) is 17.7. The fourth-order valence-electron chi connectivity index (χ4n) is 4.20. The fourth-order valence-corrected chi connectivity index (χ4v) is 4.20. The van der Waals surface area contributed by atoms with Crippen LogP contribution >= 0.6 is 0 Å². The van der Waals surface area contributed by atoms with Crippen LogP contribution in [-0.2, 0) is 11.2 Å². The summed E-state index contributed by atoms with van der Waals surface area (Å²) < 4.78 is 16.1. The number of ether oxygens (including phenoxy) is 3. The van der Waals surface area contributed by atoms with E-state index in [1.807, 2.05) is 12.1 Å². The number of Topliss-reactive ketones (excluding diaryl/α,β-unsaturated/α-hetero) is 1. The number of hydrogen-bond acceptors (Lipinski definition) is 4. The van der Waals surface area contributed by atoms with E-state index in [-0.39, 0.29) is 5.78 Å². The van der Waals surface area contributed by atoms with Crippen molar-refractivity contribution in [3.05, 3.63) is 64.8 Å². The quantitative estimate of drug-likeness (QED) is 0.534. The van der Waals surface area contributed by atoms with Crippen LogP contribution in [0.4, 0.5) is 0 Å². The molecule has 1 aromatic carbocycles. The highest BCUT2D eigenvalue weighted by molar-refractivity contribution is 5.81. The Morgan fingerprint density at radius 3 is 2.31 bits per heavy atom. The lowest BCUT2D eigenvalue weighted by Gasteiger charge is -2.19. The molecule has 0 amide bonds. The minimum atomic E-state index is 0.213. The van der Waals surface area contributed by atoms with E-state index in [9.17, 15) is 4.79 Å². The van der Waals surface area contributed by atoms with E-state index in [0.717, 1.165) is 24.8 Å². The van der Waals surface area contributed by atoms with Crippen LogP contribution in [0.3, 0.4) is 0 Å². The van der Waals surface area contributed by atoms with Gasteiger partial charge in [-0.1, -0.05) is 42.9 Å². The Morgan fingerprint density at radius 1 is 1.03 bits per heavy atom. The van der Waals surface area contributed by atoms with Crippen molar-refractivity contribution in [2.45, 2.75) is 39.0 Å². The maximum Gasteiger partial charge on any atom is 0.203 e. The molecule has 0 spiro atoms. The predicted molar refractivity (Wildman–Crippen MR) is 116 cm³/mol. The van der Waals surface area contributed by atoms with E-state index in [4.69, 9.17) is 14.2 Å². The Balaban J connectivity index is 1.61. The standard InChI is InChI=1S/C25H30O4/c1-5-21-19(11-13-22(21)18-8-6-7-9-18)10-12-20(26)14-17-15-23(27-2)25(29-4)24(16-17)28-3/h6-8,11,13,15-16,21H,5,9-10,12,14H2,1-4H3. The van der Waals surface area contributed by atoms with Crippen molar-refractivity contribution in [2.75, 3.05) is 21.3 Å². The first-order valence-corrected chi connectivity index (χ1v) is 10.2. The summed E-state index contributed by atoms with van der Waals surface area (Å²) >= 11 is 0. The molecule has 29 heavy (non-hydrogen) atoms. The number of carbonyl (C=O) groups is 1. The third-order valence-corrected chi connectivity index (χ3v) is 5.67. The average molecular weight is 395 g/mol. The first kappa shape index (κ1) is 21.0. The monoisotopic (exact) mass is 394 g/mol. The molecule has 0 aromatic heterocycles. The summed E-state index contributed by atoms with van der Waals surface area (Å²) in [6, 6.07) is 3.70. The minimum absolute atomic E-state index is 0.213. The van der Waals surface area contributed by atoms with Gasteiger partial charge in [0.25, 0.3) is 0 Å². The summed E-state index contributed by atoms with van der Waals surface area (Å²) in [5, 5.41) is 0. The molecule has 0 saturated heterocycles. The first-order valence-electron chi connectivity index (χ1n) is 10.2. The molecule has 2 aliphatic carbocycles. The van der Waals surface area contributed by atoms with Crippen molar-refractivity contribution in [2.24, 2.45) is 5.92 Å². The van der Waals surface area contributed by atoms with Gasteiger partial charge >= 0.3 is 0 Å². The third-order valence-electron chi connectivity index (χ3n) is 5.67. The number of benzene rings is 1. The molecule has 1 unspecified atom stereocenters. The Bertz CT molecular complexity index is 861. The summed E-state index contributed by atoms with van der Waals surface area (Å²) in [6.07, 6.45) is 14.8. The van der Waals surface area contributed by atoms with E-state index < -0.39 is 0 Å². The molecule has 0 N–H and O–H groups in total. The van der Waals surface area contributed by atoms with Gasteiger partial charge in [0, 0.05) is 18.8 Å². The second-order valence-electron chi connectivity index (χ2n) is 7.40. The Kier molecular flexibility index (Phi) is 6.97. The maximum absolute atomic E-state index is 12.7. The topological polar surface area (TPSA) is 44.8 Å². The molecule has 2 aliphatic rings. The molecule has 1 atom stereocenters. The molecule has 0 saturated carbocycles. The lowest BCUT2D eigenvalue weighted by atomic mass is 9.85. The van der Waals surface area contributed by atoms with Gasteiger partial charge in [0.1, 0.15) is 5.78 Å². The van der Waals surface area contributed by atoms with Crippen LogP contribution < -0.4 is 14.2 Å². The minimum Gasteiger partial charge on any atom is -0.493 e. The lowest BCUT2D eigenvalue weighted by molar-refractivity contribution is -0.118. The fraction of sp³-hybridized carbons (Fsp3) is 0.400. The summed E-state index contributed by atoms with van der Waals surface area (Å²) in [4.78, 5) is 12.7. The van der Waals surface area contributed by atoms with Crippen molar-refractivity contribution in [1.29, 1.82) is 0 Å². The molecule has 0 bridgehead atoms. The van der Waals surface area contributed by atoms with Gasteiger partial charge < -0.3 is 14.2 Å². The molecular formula is C25H30O4. The van der Waals surface area contributed by atoms with Crippen LogP contribution in [0.5, 0.6) is 17.2 Å². The van der Waals surface area contributed by atoms with Crippen LogP contribution in [0.25, 0.3) is 0 Å². The second kappa shape index (κ2) is 9.64. The van der Waals surface area contributed by atoms with Gasteiger partial charge in [-0.3, -0.25) is 4.79 Å². The highest BCUT2D eigenvalue weighted by atomic mass is 16.5. The summed E-state index contributed by atoms with van der Waals surface area (Å²) in [5.74, 6) is 2.35. The molecule has 0 aliphatic heterocycles. The summed E-state index contributed by atoms with van der Waals surface area (Å²) in [7, 11) is 4.74. The van der Waals surface area contributed by atoms with Crippen molar-refractivity contribution < 1.29 is 19.0 Å². The molecule has 4 nitrogen and oxygen atoms in total. The number of hydrogen-bond donors (Lipinski definition) is 0. The highest BCUT2D eigenvalue weighted by Gasteiger charge is 2.24. The van der Waals surface area contributed by atoms with Gasteiger partial charge in [-0.25, -0.2) is 0 Å². The molecule has 0 fully saturated rings.